The predicted octanol–water partition coefficient (Wildman–Crippen LogP) is 3.78. The Bertz CT molecular complexity index is 799. The number of aliphatic imine (C=N–C) groups is 1. The van der Waals surface area contributed by atoms with Crippen LogP contribution >= 0.6 is 35.6 Å². The molecule has 2 heterocycles. The molecular formula is C21H31ClFIN6. The van der Waals surface area contributed by atoms with E-state index in [2.05, 4.69) is 29.7 Å². The molecule has 30 heavy (non-hydrogen) atoms. The second kappa shape index (κ2) is 12.5. The summed E-state index contributed by atoms with van der Waals surface area (Å²) in [6.07, 6.45) is 6.03. The molecule has 1 aromatic heterocycles. The number of nitrogens with zero attached hydrogens (tertiary/aromatic N) is 5. The van der Waals surface area contributed by atoms with Crippen molar-refractivity contribution < 1.29 is 4.39 Å². The highest BCUT2D eigenvalue weighted by molar-refractivity contribution is 14.0. The molecule has 166 valence electrons. The average Bonchev–Trinajstić information content (AvgIpc) is 3.13. The van der Waals surface area contributed by atoms with Crippen LogP contribution in [0.2, 0.25) is 5.02 Å². The van der Waals surface area contributed by atoms with E-state index in [-0.39, 0.29) is 29.8 Å². The zero-order valence-electron chi connectivity index (χ0n) is 17.7. The van der Waals surface area contributed by atoms with Crippen LogP contribution in [0.1, 0.15) is 24.2 Å². The monoisotopic (exact) mass is 548 g/mol. The summed E-state index contributed by atoms with van der Waals surface area (Å²) >= 11 is 6.16. The third-order valence-corrected chi connectivity index (χ3v) is 5.71. The van der Waals surface area contributed by atoms with Crippen molar-refractivity contribution in [1.82, 2.24) is 24.7 Å². The van der Waals surface area contributed by atoms with E-state index in [1.807, 2.05) is 26.4 Å². The number of imidazole rings is 1. The molecule has 1 N–H and O–H groups in total. The van der Waals surface area contributed by atoms with E-state index >= 15 is 0 Å². The lowest BCUT2D eigenvalue weighted by molar-refractivity contribution is 0.171. The van der Waals surface area contributed by atoms with Crippen LogP contribution in [-0.2, 0) is 13.1 Å². The minimum Gasteiger partial charge on any atom is -0.356 e. The quantitative estimate of drug-likeness (QED) is 0.248. The Labute approximate surface area is 200 Å². The van der Waals surface area contributed by atoms with Crippen LogP contribution in [0.5, 0.6) is 0 Å². The molecule has 0 radical (unpaired) electrons. The maximum atomic E-state index is 14.0. The lowest BCUT2D eigenvalue weighted by atomic mass is 10.2. The Kier molecular flexibility index (Phi) is 10.3. The Morgan fingerprint density at radius 3 is 2.63 bits per heavy atom. The summed E-state index contributed by atoms with van der Waals surface area (Å²) in [5.41, 5.74) is 0.582. The molecule has 0 aliphatic carbocycles. The van der Waals surface area contributed by atoms with Crippen molar-refractivity contribution in [2.45, 2.75) is 32.9 Å². The first-order valence-corrected chi connectivity index (χ1v) is 10.5. The van der Waals surface area contributed by atoms with E-state index in [1.54, 1.807) is 12.1 Å². The fourth-order valence-corrected chi connectivity index (χ4v) is 3.83. The van der Waals surface area contributed by atoms with Crippen molar-refractivity contribution in [2.75, 3.05) is 39.8 Å². The Balaban J connectivity index is 0.00000320. The van der Waals surface area contributed by atoms with Gasteiger partial charge in [0.15, 0.2) is 5.96 Å². The largest absolute Gasteiger partial charge is 0.356 e. The number of nitrogens with one attached hydrogen (secondary N) is 1. The summed E-state index contributed by atoms with van der Waals surface area (Å²) in [6, 6.07) is 4.86. The molecule has 1 aliphatic heterocycles. The normalized spacial score (nSPS) is 15.2. The minimum atomic E-state index is -0.233. The van der Waals surface area contributed by atoms with E-state index in [4.69, 9.17) is 11.6 Å². The maximum absolute atomic E-state index is 14.0. The first-order chi connectivity index (χ1) is 14.1. The van der Waals surface area contributed by atoms with Crippen molar-refractivity contribution in [3.05, 3.63) is 52.8 Å². The van der Waals surface area contributed by atoms with E-state index in [9.17, 15) is 4.39 Å². The predicted molar refractivity (Wildman–Crippen MR) is 131 cm³/mol. The Morgan fingerprint density at radius 2 is 2.00 bits per heavy atom. The SMILES string of the molecule is CN=C(NCCCCn1ccnc1C)N1CCN(Cc2c(F)cccc2Cl)CC1.I. The van der Waals surface area contributed by atoms with Gasteiger partial charge < -0.3 is 14.8 Å². The van der Waals surface area contributed by atoms with Gasteiger partial charge in [0.2, 0.25) is 0 Å². The fraction of sp³-hybridized carbons (Fsp3) is 0.524. The van der Waals surface area contributed by atoms with E-state index < -0.39 is 0 Å². The molecule has 2 aromatic rings. The smallest absolute Gasteiger partial charge is 0.193 e. The Morgan fingerprint density at radius 1 is 1.23 bits per heavy atom. The second-order valence-corrected chi connectivity index (χ2v) is 7.72. The summed E-state index contributed by atoms with van der Waals surface area (Å²) < 4.78 is 16.2. The summed E-state index contributed by atoms with van der Waals surface area (Å²) in [5, 5.41) is 3.96. The Hall–Kier alpha value is -1.39. The standard InChI is InChI=1S/C21H30ClFN6.HI/c1-17-25-9-11-28(17)10-4-3-8-26-21(24-2)29-14-12-27(13-15-29)16-18-19(22)6-5-7-20(18)23;/h5-7,9,11H,3-4,8,10,12-16H2,1-2H3,(H,24,26);1H. The molecule has 3 rings (SSSR count). The molecule has 0 bridgehead atoms. The van der Waals surface area contributed by atoms with Gasteiger partial charge in [-0.25, -0.2) is 9.37 Å². The molecule has 0 saturated carbocycles. The number of rotatable bonds is 7. The number of hydrogen-bond acceptors (Lipinski definition) is 3. The maximum Gasteiger partial charge on any atom is 0.193 e. The zero-order valence-corrected chi connectivity index (χ0v) is 20.7. The highest BCUT2D eigenvalue weighted by Crippen LogP contribution is 2.21. The highest BCUT2D eigenvalue weighted by Gasteiger charge is 2.21. The molecule has 1 fully saturated rings. The van der Waals surface area contributed by atoms with Gasteiger partial charge in [0.1, 0.15) is 11.6 Å². The molecule has 0 unspecified atom stereocenters. The first kappa shape index (κ1) is 24.9. The molecule has 1 aromatic carbocycles. The number of hydrogen-bond donors (Lipinski definition) is 1. The number of piperazine rings is 1. The summed E-state index contributed by atoms with van der Waals surface area (Å²) in [6.45, 7) is 7.88. The third kappa shape index (κ3) is 6.81. The van der Waals surface area contributed by atoms with Gasteiger partial charge in [-0.05, 0) is 31.9 Å². The van der Waals surface area contributed by atoms with Crippen molar-refractivity contribution >= 4 is 41.5 Å². The number of guanidine groups is 1. The highest BCUT2D eigenvalue weighted by atomic mass is 127. The average molecular weight is 549 g/mol. The summed E-state index contributed by atoms with van der Waals surface area (Å²) in [4.78, 5) is 13.2. The van der Waals surface area contributed by atoms with E-state index in [0.29, 0.717) is 17.1 Å². The molecular weight excluding hydrogens is 518 g/mol. The number of aryl methyl sites for hydroxylation is 2. The third-order valence-electron chi connectivity index (χ3n) is 5.36. The molecule has 1 saturated heterocycles. The molecule has 6 nitrogen and oxygen atoms in total. The van der Waals surface area contributed by atoms with Crippen molar-refractivity contribution in [2.24, 2.45) is 4.99 Å². The van der Waals surface area contributed by atoms with Crippen LogP contribution in [-0.4, -0.2) is 65.1 Å². The van der Waals surface area contributed by atoms with Gasteiger partial charge in [0.25, 0.3) is 0 Å². The molecule has 1 aliphatic rings. The number of halogens is 3. The van der Waals surface area contributed by atoms with Gasteiger partial charge in [0.05, 0.1) is 0 Å². The van der Waals surface area contributed by atoms with Gasteiger partial charge in [0, 0.05) is 75.8 Å². The molecule has 0 spiro atoms. The lowest BCUT2D eigenvalue weighted by Crippen LogP contribution is -2.52. The molecule has 9 heteroatoms. The van der Waals surface area contributed by atoms with Crippen molar-refractivity contribution in [3.63, 3.8) is 0 Å². The van der Waals surface area contributed by atoms with E-state index in [0.717, 1.165) is 63.9 Å². The van der Waals surface area contributed by atoms with Crippen LogP contribution in [0.3, 0.4) is 0 Å². The molecule has 0 atom stereocenters. The van der Waals surface area contributed by atoms with Crippen LogP contribution in [0.4, 0.5) is 4.39 Å². The summed E-state index contributed by atoms with van der Waals surface area (Å²) in [5.74, 6) is 1.76. The summed E-state index contributed by atoms with van der Waals surface area (Å²) in [7, 11) is 1.82. The molecule has 0 amide bonds. The van der Waals surface area contributed by atoms with Crippen LogP contribution < -0.4 is 5.32 Å². The fourth-order valence-electron chi connectivity index (χ4n) is 3.60. The second-order valence-electron chi connectivity index (χ2n) is 7.31. The van der Waals surface area contributed by atoms with Gasteiger partial charge in [-0.2, -0.15) is 0 Å². The van der Waals surface area contributed by atoms with Gasteiger partial charge in [-0.1, -0.05) is 17.7 Å². The first-order valence-electron chi connectivity index (χ1n) is 10.2. The topological polar surface area (TPSA) is 48.7 Å². The van der Waals surface area contributed by atoms with Crippen LogP contribution in [0.15, 0.2) is 35.6 Å². The number of unbranched alkanes of at least 4 members (excludes halogenated alkanes) is 1. The lowest BCUT2D eigenvalue weighted by Gasteiger charge is -2.36. The minimum absolute atomic E-state index is 0. The van der Waals surface area contributed by atoms with Crippen LogP contribution in [0.25, 0.3) is 0 Å². The zero-order chi connectivity index (χ0) is 20.6. The van der Waals surface area contributed by atoms with Crippen molar-refractivity contribution in [1.29, 1.82) is 0 Å². The van der Waals surface area contributed by atoms with Gasteiger partial charge >= 0.3 is 0 Å². The van der Waals surface area contributed by atoms with Crippen molar-refractivity contribution in [3.8, 4) is 0 Å². The van der Waals surface area contributed by atoms with Gasteiger partial charge in [-0.15, -0.1) is 24.0 Å². The van der Waals surface area contributed by atoms with Crippen LogP contribution in [0, 0.1) is 12.7 Å². The van der Waals surface area contributed by atoms with E-state index in [1.165, 1.54) is 6.07 Å². The number of benzene rings is 1. The number of aromatic nitrogens is 2. The van der Waals surface area contributed by atoms with Gasteiger partial charge in [-0.3, -0.25) is 9.89 Å².